The Morgan fingerprint density at radius 2 is 2.00 bits per heavy atom. The van der Waals surface area contributed by atoms with E-state index in [0.717, 1.165) is 12.5 Å². The maximum Gasteiger partial charge on any atom is 0.168 e. The quantitative estimate of drug-likeness (QED) is 0.835. The SMILES string of the molecule is CCCNc1nc(N(C)CC(C)(C)O)c(F)cc1F. The number of halogens is 2. The molecule has 0 atom stereocenters. The third kappa shape index (κ3) is 4.63. The summed E-state index contributed by atoms with van der Waals surface area (Å²) < 4.78 is 27.2. The maximum atomic E-state index is 13.7. The first-order valence-corrected chi connectivity index (χ1v) is 6.28. The lowest BCUT2D eigenvalue weighted by Gasteiger charge is -2.27. The van der Waals surface area contributed by atoms with Gasteiger partial charge in [-0.15, -0.1) is 0 Å². The predicted molar refractivity (Wildman–Crippen MR) is 72.5 cm³/mol. The number of pyridine rings is 1. The summed E-state index contributed by atoms with van der Waals surface area (Å²) in [5.41, 5.74) is -0.992. The molecule has 0 aromatic carbocycles. The number of nitrogens with zero attached hydrogens (tertiary/aromatic N) is 2. The molecule has 2 N–H and O–H groups in total. The van der Waals surface area contributed by atoms with E-state index in [-0.39, 0.29) is 18.2 Å². The molecule has 1 rings (SSSR count). The number of hydrogen-bond donors (Lipinski definition) is 2. The van der Waals surface area contributed by atoms with E-state index in [1.807, 2.05) is 6.92 Å². The van der Waals surface area contributed by atoms with Crippen molar-refractivity contribution in [2.24, 2.45) is 0 Å². The van der Waals surface area contributed by atoms with Crippen LogP contribution in [0.3, 0.4) is 0 Å². The highest BCUT2D eigenvalue weighted by atomic mass is 19.1. The van der Waals surface area contributed by atoms with E-state index in [9.17, 15) is 13.9 Å². The number of nitrogens with one attached hydrogen (secondary N) is 1. The van der Waals surface area contributed by atoms with Crippen LogP contribution < -0.4 is 10.2 Å². The van der Waals surface area contributed by atoms with Crippen LogP contribution in [0.2, 0.25) is 0 Å². The highest BCUT2D eigenvalue weighted by Crippen LogP contribution is 2.22. The zero-order valence-electron chi connectivity index (χ0n) is 11.8. The second kappa shape index (κ2) is 6.14. The van der Waals surface area contributed by atoms with Gasteiger partial charge in [-0.25, -0.2) is 13.8 Å². The van der Waals surface area contributed by atoms with Gasteiger partial charge in [-0.3, -0.25) is 0 Å². The van der Waals surface area contributed by atoms with Crippen molar-refractivity contribution in [2.45, 2.75) is 32.8 Å². The third-order valence-corrected chi connectivity index (χ3v) is 2.44. The number of rotatable bonds is 6. The summed E-state index contributed by atoms with van der Waals surface area (Å²) >= 11 is 0. The van der Waals surface area contributed by atoms with E-state index in [4.69, 9.17) is 0 Å². The van der Waals surface area contributed by atoms with Crippen molar-refractivity contribution in [2.75, 3.05) is 30.4 Å². The van der Waals surface area contributed by atoms with Crippen LogP contribution in [0, 0.1) is 11.6 Å². The summed E-state index contributed by atoms with van der Waals surface area (Å²) in [6.07, 6.45) is 0.813. The van der Waals surface area contributed by atoms with Gasteiger partial charge < -0.3 is 15.3 Å². The van der Waals surface area contributed by atoms with E-state index in [2.05, 4.69) is 10.3 Å². The van der Waals surface area contributed by atoms with Crippen molar-refractivity contribution in [3.05, 3.63) is 17.7 Å². The Kier molecular flexibility index (Phi) is 5.05. The number of likely N-dealkylation sites (N-methyl/N-ethyl adjacent to an activating group) is 1. The summed E-state index contributed by atoms with van der Waals surface area (Å²) in [6.45, 7) is 5.91. The zero-order valence-corrected chi connectivity index (χ0v) is 11.8. The van der Waals surface area contributed by atoms with Gasteiger partial charge in [-0.1, -0.05) is 6.92 Å². The Bertz CT molecular complexity index is 433. The first-order chi connectivity index (χ1) is 8.74. The predicted octanol–water partition coefficient (Wildman–Crippen LogP) is 2.39. The van der Waals surface area contributed by atoms with Crippen molar-refractivity contribution < 1.29 is 13.9 Å². The standard InChI is InChI=1S/C13H21F2N3O/c1-5-6-16-11-9(14)7-10(15)12(17-11)18(4)8-13(2,3)19/h7,19H,5-6,8H2,1-4H3,(H,16,17). The summed E-state index contributed by atoms with van der Waals surface area (Å²) in [5.74, 6) is -1.42. The van der Waals surface area contributed by atoms with Crippen molar-refractivity contribution >= 4 is 11.6 Å². The average molecular weight is 273 g/mol. The lowest BCUT2D eigenvalue weighted by atomic mass is 10.1. The van der Waals surface area contributed by atoms with Gasteiger partial charge in [0.25, 0.3) is 0 Å². The molecule has 0 amide bonds. The van der Waals surface area contributed by atoms with E-state index in [1.165, 1.54) is 4.90 Å². The highest BCUT2D eigenvalue weighted by Gasteiger charge is 2.20. The van der Waals surface area contributed by atoms with Crippen LogP contribution in [0.5, 0.6) is 0 Å². The fraction of sp³-hybridized carbons (Fsp3) is 0.615. The van der Waals surface area contributed by atoms with Crippen molar-refractivity contribution in [3.8, 4) is 0 Å². The van der Waals surface area contributed by atoms with Gasteiger partial charge in [0.05, 0.1) is 5.60 Å². The minimum Gasteiger partial charge on any atom is -0.389 e. The molecule has 0 saturated carbocycles. The first-order valence-electron chi connectivity index (χ1n) is 6.28. The lowest BCUT2D eigenvalue weighted by Crippen LogP contribution is -2.37. The monoisotopic (exact) mass is 273 g/mol. The van der Waals surface area contributed by atoms with E-state index in [1.54, 1.807) is 20.9 Å². The van der Waals surface area contributed by atoms with Crippen LogP contribution in [0.15, 0.2) is 6.07 Å². The fourth-order valence-electron chi connectivity index (χ4n) is 1.75. The molecule has 4 nitrogen and oxygen atoms in total. The van der Waals surface area contributed by atoms with Crippen molar-refractivity contribution in [1.29, 1.82) is 0 Å². The number of anilines is 2. The number of hydrogen-bond acceptors (Lipinski definition) is 4. The normalized spacial score (nSPS) is 11.5. The molecular formula is C13H21F2N3O. The van der Waals surface area contributed by atoms with Crippen LogP contribution in [-0.2, 0) is 0 Å². The second-order valence-corrected chi connectivity index (χ2v) is 5.22. The van der Waals surface area contributed by atoms with Crippen molar-refractivity contribution in [3.63, 3.8) is 0 Å². The number of aliphatic hydroxyl groups is 1. The smallest absolute Gasteiger partial charge is 0.168 e. The number of aromatic nitrogens is 1. The summed E-state index contributed by atoms with van der Waals surface area (Å²) in [5, 5.41) is 12.5. The Hall–Kier alpha value is -1.43. The topological polar surface area (TPSA) is 48.4 Å². The van der Waals surface area contributed by atoms with Crippen LogP contribution >= 0.6 is 0 Å². The molecule has 1 aromatic heterocycles. The third-order valence-electron chi connectivity index (χ3n) is 2.44. The molecule has 108 valence electrons. The van der Waals surface area contributed by atoms with Gasteiger partial charge in [0.2, 0.25) is 0 Å². The molecule has 0 spiro atoms. The molecular weight excluding hydrogens is 252 g/mol. The van der Waals surface area contributed by atoms with Gasteiger partial charge in [0.15, 0.2) is 23.3 Å². The van der Waals surface area contributed by atoms with Gasteiger partial charge in [0.1, 0.15) is 0 Å². The first kappa shape index (κ1) is 15.6. The molecule has 6 heteroatoms. The highest BCUT2D eigenvalue weighted by molar-refractivity contribution is 5.49. The molecule has 0 bridgehead atoms. The van der Waals surface area contributed by atoms with Crippen LogP contribution in [-0.4, -0.2) is 35.8 Å². The minimum absolute atomic E-state index is 0.0159. The molecule has 0 fully saturated rings. The Morgan fingerprint density at radius 3 is 2.53 bits per heavy atom. The molecule has 0 saturated heterocycles. The summed E-state index contributed by atoms with van der Waals surface area (Å²) in [6, 6.07) is 0.807. The van der Waals surface area contributed by atoms with E-state index >= 15 is 0 Å². The fourth-order valence-corrected chi connectivity index (χ4v) is 1.75. The van der Waals surface area contributed by atoms with Crippen LogP contribution in [0.1, 0.15) is 27.2 Å². The van der Waals surface area contributed by atoms with Crippen LogP contribution in [0.25, 0.3) is 0 Å². The van der Waals surface area contributed by atoms with Crippen LogP contribution in [0.4, 0.5) is 20.4 Å². The molecule has 0 aliphatic rings. The Morgan fingerprint density at radius 1 is 1.37 bits per heavy atom. The van der Waals surface area contributed by atoms with Crippen molar-refractivity contribution in [1.82, 2.24) is 4.98 Å². The van der Waals surface area contributed by atoms with Gasteiger partial charge in [-0.05, 0) is 20.3 Å². The molecule has 0 unspecified atom stereocenters. The minimum atomic E-state index is -0.992. The van der Waals surface area contributed by atoms with Gasteiger partial charge in [0, 0.05) is 26.2 Å². The Labute approximate surface area is 112 Å². The molecule has 1 aromatic rings. The van der Waals surface area contributed by atoms with E-state index < -0.39 is 17.2 Å². The Balaban J connectivity index is 2.99. The second-order valence-electron chi connectivity index (χ2n) is 5.22. The van der Waals surface area contributed by atoms with Gasteiger partial charge in [-0.2, -0.15) is 0 Å². The average Bonchev–Trinajstić information content (AvgIpc) is 2.25. The molecule has 0 aliphatic carbocycles. The molecule has 0 radical (unpaired) electrons. The summed E-state index contributed by atoms with van der Waals surface area (Å²) in [4.78, 5) is 5.41. The lowest BCUT2D eigenvalue weighted by molar-refractivity contribution is 0.0883. The largest absolute Gasteiger partial charge is 0.389 e. The van der Waals surface area contributed by atoms with E-state index in [0.29, 0.717) is 6.54 Å². The molecule has 19 heavy (non-hydrogen) atoms. The molecule has 0 aliphatic heterocycles. The molecule has 1 heterocycles. The zero-order chi connectivity index (χ0) is 14.6. The maximum absolute atomic E-state index is 13.7. The van der Waals surface area contributed by atoms with Gasteiger partial charge >= 0.3 is 0 Å². The summed E-state index contributed by atoms with van der Waals surface area (Å²) in [7, 11) is 1.60.